The lowest BCUT2D eigenvalue weighted by Crippen LogP contribution is -1.99. The molecule has 2 heterocycles. The van der Waals surface area contributed by atoms with Crippen molar-refractivity contribution in [1.29, 1.82) is 0 Å². The Labute approximate surface area is 147 Å². The summed E-state index contributed by atoms with van der Waals surface area (Å²) in [6, 6.07) is 13.0. The van der Waals surface area contributed by atoms with Gasteiger partial charge in [-0.3, -0.25) is 5.10 Å². The minimum Gasteiger partial charge on any atom is -0.488 e. The van der Waals surface area contributed by atoms with Gasteiger partial charge < -0.3 is 4.74 Å². The average molecular weight is 352 g/mol. The maximum absolute atomic E-state index is 14.8. The highest BCUT2D eigenvalue weighted by atomic mass is 32.1. The SMILES string of the molecule is Fc1cc(-c2cn[nH]c2)cc(OCc2ccccc2)c1-c1nncs1. The lowest BCUT2D eigenvalue weighted by Gasteiger charge is -2.13. The van der Waals surface area contributed by atoms with E-state index in [9.17, 15) is 4.39 Å². The summed E-state index contributed by atoms with van der Waals surface area (Å²) in [6.07, 6.45) is 3.35. The molecule has 0 aliphatic rings. The van der Waals surface area contributed by atoms with Crippen LogP contribution in [0.25, 0.3) is 21.7 Å². The molecule has 7 heteroatoms. The van der Waals surface area contributed by atoms with E-state index in [1.165, 1.54) is 17.4 Å². The Morgan fingerprint density at radius 2 is 2.00 bits per heavy atom. The van der Waals surface area contributed by atoms with Crippen LogP contribution in [0.5, 0.6) is 5.75 Å². The second kappa shape index (κ2) is 6.82. The molecule has 1 N–H and O–H groups in total. The summed E-state index contributed by atoms with van der Waals surface area (Å²) >= 11 is 1.27. The predicted octanol–water partition coefficient (Wildman–Crippen LogP) is 4.31. The minimum absolute atomic E-state index is 0.325. The highest BCUT2D eigenvalue weighted by molar-refractivity contribution is 7.12. The molecule has 0 saturated heterocycles. The molecule has 0 atom stereocenters. The fourth-order valence-corrected chi connectivity index (χ4v) is 3.10. The lowest BCUT2D eigenvalue weighted by molar-refractivity contribution is 0.306. The molecule has 124 valence electrons. The molecule has 0 fully saturated rings. The Hall–Kier alpha value is -3.06. The first-order valence-electron chi connectivity index (χ1n) is 7.57. The van der Waals surface area contributed by atoms with Crippen LogP contribution in [0.2, 0.25) is 0 Å². The number of ether oxygens (including phenoxy) is 1. The zero-order chi connectivity index (χ0) is 17.1. The number of nitrogens with one attached hydrogen (secondary N) is 1. The van der Waals surface area contributed by atoms with Crippen molar-refractivity contribution in [2.24, 2.45) is 0 Å². The molecule has 0 amide bonds. The first-order chi connectivity index (χ1) is 12.3. The second-order valence-corrected chi connectivity index (χ2v) is 6.17. The van der Waals surface area contributed by atoms with Gasteiger partial charge in [-0.25, -0.2) is 4.39 Å². The summed E-state index contributed by atoms with van der Waals surface area (Å²) in [5.74, 6) is 0.0234. The Bertz CT molecular complexity index is 956. The van der Waals surface area contributed by atoms with Gasteiger partial charge in [0.15, 0.2) is 5.01 Å². The van der Waals surface area contributed by atoms with Crippen molar-refractivity contribution in [3.05, 3.63) is 71.7 Å². The van der Waals surface area contributed by atoms with E-state index in [1.54, 1.807) is 24.0 Å². The van der Waals surface area contributed by atoms with Gasteiger partial charge in [0.2, 0.25) is 0 Å². The number of nitrogens with zero attached hydrogens (tertiary/aromatic N) is 3. The van der Waals surface area contributed by atoms with Crippen LogP contribution in [0, 0.1) is 5.82 Å². The summed E-state index contributed by atoms with van der Waals surface area (Å²) in [5, 5.41) is 14.9. The first kappa shape index (κ1) is 15.5. The molecular weight excluding hydrogens is 339 g/mol. The Balaban J connectivity index is 1.75. The molecule has 0 bridgehead atoms. The normalized spacial score (nSPS) is 10.8. The quantitative estimate of drug-likeness (QED) is 0.581. The summed E-state index contributed by atoms with van der Waals surface area (Å²) in [4.78, 5) is 0. The third-order valence-electron chi connectivity index (χ3n) is 3.70. The highest BCUT2D eigenvalue weighted by Gasteiger charge is 2.18. The standard InChI is InChI=1S/C18H13FN4OS/c19-15-6-13(14-8-20-21-9-14)7-16(17(15)18-23-22-11-25-18)24-10-12-4-2-1-3-5-12/h1-9,11H,10H2,(H,20,21). The fraction of sp³-hybridized carbons (Fsp3) is 0.0556. The van der Waals surface area contributed by atoms with Gasteiger partial charge in [-0.15, -0.1) is 10.2 Å². The molecule has 4 aromatic rings. The van der Waals surface area contributed by atoms with Crippen LogP contribution in [0.3, 0.4) is 0 Å². The molecule has 2 aromatic carbocycles. The van der Waals surface area contributed by atoms with Crippen LogP contribution in [-0.4, -0.2) is 20.4 Å². The van der Waals surface area contributed by atoms with Crippen molar-refractivity contribution in [3.63, 3.8) is 0 Å². The third-order valence-corrected chi connectivity index (χ3v) is 4.41. The largest absolute Gasteiger partial charge is 0.488 e. The number of H-pyrrole nitrogens is 1. The molecule has 5 nitrogen and oxygen atoms in total. The summed E-state index contributed by atoms with van der Waals surface area (Å²) in [7, 11) is 0. The number of aromatic nitrogens is 4. The van der Waals surface area contributed by atoms with Gasteiger partial charge in [0.05, 0.1) is 11.8 Å². The molecule has 0 spiro atoms. The smallest absolute Gasteiger partial charge is 0.154 e. The molecule has 2 aromatic heterocycles. The molecule has 4 rings (SSSR count). The van der Waals surface area contributed by atoms with Crippen LogP contribution in [0.15, 0.2) is 60.4 Å². The lowest BCUT2D eigenvalue weighted by atomic mass is 10.1. The van der Waals surface area contributed by atoms with E-state index in [0.717, 1.165) is 11.1 Å². The number of halogens is 1. The highest BCUT2D eigenvalue weighted by Crippen LogP contribution is 2.37. The molecule has 0 saturated carbocycles. The van der Waals surface area contributed by atoms with Crippen molar-refractivity contribution in [2.75, 3.05) is 0 Å². The van der Waals surface area contributed by atoms with Gasteiger partial charge in [-0.05, 0) is 23.3 Å². The zero-order valence-corrected chi connectivity index (χ0v) is 13.8. The van der Waals surface area contributed by atoms with Crippen molar-refractivity contribution in [3.8, 4) is 27.4 Å². The van der Waals surface area contributed by atoms with Crippen LogP contribution in [-0.2, 0) is 6.61 Å². The van der Waals surface area contributed by atoms with Gasteiger partial charge in [-0.2, -0.15) is 5.10 Å². The summed E-state index contributed by atoms with van der Waals surface area (Å²) < 4.78 is 20.8. The molecule has 0 aliphatic heterocycles. The molecule has 0 aliphatic carbocycles. The van der Waals surface area contributed by atoms with E-state index >= 15 is 0 Å². The molecule has 0 radical (unpaired) electrons. The Morgan fingerprint density at radius 3 is 2.72 bits per heavy atom. The number of hydrogen-bond acceptors (Lipinski definition) is 5. The van der Waals surface area contributed by atoms with Crippen molar-refractivity contribution in [1.82, 2.24) is 20.4 Å². The van der Waals surface area contributed by atoms with E-state index in [2.05, 4.69) is 20.4 Å². The van der Waals surface area contributed by atoms with E-state index in [0.29, 0.717) is 28.5 Å². The summed E-state index contributed by atoms with van der Waals surface area (Å²) in [6.45, 7) is 0.334. The second-order valence-electron chi connectivity index (χ2n) is 5.34. The van der Waals surface area contributed by atoms with Crippen LogP contribution < -0.4 is 4.74 Å². The predicted molar refractivity (Wildman–Crippen MR) is 93.7 cm³/mol. The van der Waals surface area contributed by atoms with Crippen molar-refractivity contribution < 1.29 is 9.13 Å². The van der Waals surface area contributed by atoms with Gasteiger partial charge in [0.25, 0.3) is 0 Å². The molecular formula is C18H13FN4OS. The van der Waals surface area contributed by atoms with E-state index in [1.807, 2.05) is 30.3 Å². The van der Waals surface area contributed by atoms with Crippen molar-refractivity contribution in [2.45, 2.75) is 6.61 Å². The van der Waals surface area contributed by atoms with Gasteiger partial charge in [0, 0.05) is 11.8 Å². The topological polar surface area (TPSA) is 63.7 Å². The number of aromatic amines is 1. The van der Waals surface area contributed by atoms with Crippen molar-refractivity contribution >= 4 is 11.3 Å². The van der Waals surface area contributed by atoms with Crippen LogP contribution in [0.4, 0.5) is 4.39 Å². The van der Waals surface area contributed by atoms with Crippen LogP contribution >= 0.6 is 11.3 Å². The van der Waals surface area contributed by atoms with Crippen LogP contribution in [0.1, 0.15) is 5.56 Å². The molecule has 0 unspecified atom stereocenters. The van der Waals surface area contributed by atoms with Gasteiger partial charge in [-0.1, -0.05) is 41.7 Å². The molecule has 25 heavy (non-hydrogen) atoms. The summed E-state index contributed by atoms with van der Waals surface area (Å²) in [5.41, 5.74) is 4.36. The number of rotatable bonds is 5. The minimum atomic E-state index is -0.404. The monoisotopic (exact) mass is 352 g/mol. The van der Waals surface area contributed by atoms with Gasteiger partial charge >= 0.3 is 0 Å². The third kappa shape index (κ3) is 3.27. The maximum Gasteiger partial charge on any atom is 0.154 e. The zero-order valence-electron chi connectivity index (χ0n) is 13.0. The van der Waals surface area contributed by atoms with E-state index < -0.39 is 5.82 Å². The first-order valence-corrected chi connectivity index (χ1v) is 8.45. The van der Waals surface area contributed by atoms with E-state index in [-0.39, 0.29) is 0 Å². The van der Waals surface area contributed by atoms with E-state index in [4.69, 9.17) is 4.74 Å². The Morgan fingerprint density at radius 1 is 1.12 bits per heavy atom. The maximum atomic E-state index is 14.8. The van der Waals surface area contributed by atoms with Gasteiger partial charge in [0.1, 0.15) is 23.7 Å². The Kier molecular flexibility index (Phi) is 4.22. The number of hydrogen-bond donors (Lipinski definition) is 1. The average Bonchev–Trinajstić information content (AvgIpc) is 3.34. The fourth-order valence-electron chi connectivity index (χ4n) is 2.50. The number of benzene rings is 2.